The lowest BCUT2D eigenvalue weighted by atomic mass is 10.1. The van der Waals surface area contributed by atoms with Crippen LogP contribution in [0.2, 0.25) is 0 Å². The van der Waals surface area contributed by atoms with Gasteiger partial charge in [-0.1, -0.05) is 19.8 Å². The van der Waals surface area contributed by atoms with Crippen LogP contribution in [0.25, 0.3) is 0 Å². The minimum atomic E-state index is 0.445. The van der Waals surface area contributed by atoms with E-state index in [9.17, 15) is 4.79 Å². The normalized spacial score (nSPS) is 10.9. The van der Waals surface area contributed by atoms with Gasteiger partial charge in [-0.15, -0.1) is 0 Å². The molecule has 0 aliphatic rings. The zero-order chi connectivity index (χ0) is 10.8. The Morgan fingerprint density at radius 3 is 2.21 bits per heavy atom. The molecule has 0 radical (unpaired) electrons. The summed E-state index contributed by atoms with van der Waals surface area (Å²) in [6.07, 6.45) is 7.40. The minimum Gasteiger partial charge on any atom is -0.309 e. The Hall–Kier alpha value is -0.370. The van der Waals surface area contributed by atoms with Crippen LogP contribution >= 0.6 is 0 Å². The molecule has 0 aromatic heterocycles. The van der Waals surface area contributed by atoms with Crippen LogP contribution in [0.3, 0.4) is 0 Å². The predicted octanol–water partition coefficient (Wildman–Crippen LogP) is 2.87. The predicted molar refractivity (Wildman–Crippen MR) is 61.6 cm³/mol. The zero-order valence-corrected chi connectivity index (χ0v) is 10.0. The maximum absolute atomic E-state index is 11.2. The van der Waals surface area contributed by atoms with Gasteiger partial charge in [0.05, 0.1) is 0 Å². The van der Waals surface area contributed by atoms with E-state index in [1.807, 2.05) is 0 Å². The van der Waals surface area contributed by atoms with E-state index in [0.29, 0.717) is 5.78 Å². The van der Waals surface area contributed by atoms with E-state index >= 15 is 0 Å². The van der Waals surface area contributed by atoms with Crippen molar-refractivity contribution in [2.45, 2.75) is 51.9 Å². The van der Waals surface area contributed by atoms with Gasteiger partial charge in [0.15, 0.2) is 0 Å². The Balaban J connectivity index is 3.09. The van der Waals surface area contributed by atoms with Crippen LogP contribution in [0.15, 0.2) is 0 Å². The first-order valence-corrected chi connectivity index (χ1v) is 5.83. The number of carbonyl (C=O) groups is 1. The van der Waals surface area contributed by atoms with Crippen LogP contribution < -0.4 is 0 Å². The first-order chi connectivity index (χ1) is 6.66. The molecular weight excluding hydrogens is 174 g/mol. The zero-order valence-electron chi connectivity index (χ0n) is 10.0. The molecule has 0 heterocycles. The van der Waals surface area contributed by atoms with Gasteiger partial charge >= 0.3 is 0 Å². The van der Waals surface area contributed by atoms with Crippen molar-refractivity contribution in [3.8, 4) is 0 Å². The van der Waals surface area contributed by atoms with E-state index in [1.165, 1.54) is 25.8 Å². The van der Waals surface area contributed by atoms with Gasteiger partial charge in [0.25, 0.3) is 0 Å². The smallest absolute Gasteiger partial charge is 0.132 e. The molecule has 0 aromatic carbocycles. The molecule has 14 heavy (non-hydrogen) atoms. The third-order valence-corrected chi connectivity index (χ3v) is 2.34. The van der Waals surface area contributed by atoms with Gasteiger partial charge in [-0.05, 0) is 39.9 Å². The fourth-order valence-electron chi connectivity index (χ4n) is 1.51. The molecule has 0 atom stereocenters. The summed E-state index contributed by atoms with van der Waals surface area (Å²) >= 11 is 0. The number of nitrogens with zero attached hydrogens (tertiary/aromatic N) is 1. The van der Waals surface area contributed by atoms with E-state index in [4.69, 9.17) is 0 Å². The fourth-order valence-corrected chi connectivity index (χ4v) is 1.51. The van der Waals surface area contributed by atoms with Gasteiger partial charge in [-0.2, -0.15) is 0 Å². The first-order valence-electron chi connectivity index (χ1n) is 5.83. The molecule has 0 spiro atoms. The summed E-state index contributed by atoms with van der Waals surface area (Å²) in [5.41, 5.74) is 0. The molecule has 0 saturated heterocycles. The summed E-state index contributed by atoms with van der Waals surface area (Å²) in [7, 11) is 4.20. The summed E-state index contributed by atoms with van der Waals surface area (Å²) in [5.74, 6) is 0.445. The number of Topliss-reactive ketones (excluding diaryl/α,β-unsaturated/α-hetero) is 1. The second-order valence-corrected chi connectivity index (χ2v) is 4.26. The highest BCUT2D eigenvalue weighted by molar-refractivity contribution is 5.78. The molecular formula is C12H25NO. The molecule has 0 aromatic rings. The highest BCUT2D eigenvalue weighted by Crippen LogP contribution is 2.05. The highest BCUT2D eigenvalue weighted by Gasteiger charge is 1.99. The summed E-state index contributed by atoms with van der Waals surface area (Å²) in [6.45, 7) is 3.23. The van der Waals surface area contributed by atoms with Crippen LogP contribution in [0.4, 0.5) is 0 Å². The lowest BCUT2D eigenvalue weighted by molar-refractivity contribution is -0.119. The van der Waals surface area contributed by atoms with E-state index in [1.54, 1.807) is 0 Å². The van der Waals surface area contributed by atoms with Gasteiger partial charge < -0.3 is 4.90 Å². The number of hydrogen-bond donors (Lipinski definition) is 0. The van der Waals surface area contributed by atoms with Gasteiger partial charge in [-0.25, -0.2) is 0 Å². The molecule has 0 aliphatic heterocycles. The average molecular weight is 199 g/mol. The second-order valence-electron chi connectivity index (χ2n) is 4.26. The lowest BCUT2D eigenvalue weighted by Crippen LogP contribution is -2.12. The fraction of sp³-hybridized carbons (Fsp3) is 0.917. The van der Waals surface area contributed by atoms with Gasteiger partial charge in [0, 0.05) is 12.8 Å². The Morgan fingerprint density at radius 2 is 1.64 bits per heavy atom. The van der Waals surface area contributed by atoms with Crippen molar-refractivity contribution in [2.75, 3.05) is 20.6 Å². The van der Waals surface area contributed by atoms with Crippen LogP contribution in [0.5, 0.6) is 0 Å². The van der Waals surface area contributed by atoms with Crippen molar-refractivity contribution in [1.82, 2.24) is 4.90 Å². The number of carbonyl (C=O) groups excluding carboxylic acids is 1. The topological polar surface area (TPSA) is 20.3 Å². The van der Waals surface area contributed by atoms with Crippen molar-refractivity contribution in [3.63, 3.8) is 0 Å². The number of rotatable bonds is 9. The van der Waals surface area contributed by atoms with E-state index in [0.717, 1.165) is 25.7 Å². The van der Waals surface area contributed by atoms with Crippen molar-refractivity contribution in [2.24, 2.45) is 0 Å². The summed E-state index contributed by atoms with van der Waals surface area (Å²) in [5, 5.41) is 0. The average Bonchev–Trinajstić information content (AvgIpc) is 2.11. The molecule has 0 aliphatic carbocycles. The molecule has 84 valence electrons. The Labute approximate surface area is 88.7 Å². The van der Waals surface area contributed by atoms with Crippen LogP contribution in [-0.2, 0) is 4.79 Å². The Bertz CT molecular complexity index is 143. The monoisotopic (exact) mass is 199 g/mol. The summed E-state index contributed by atoms with van der Waals surface area (Å²) in [6, 6.07) is 0. The molecule has 2 nitrogen and oxygen atoms in total. The van der Waals surface area contributed by atoms with Crippen LogP contribution in [0.1, 0.15) is 51.9 Å². The molecule has 0 bridgehead atoms. The van der Waals surface area contributed by atoms with Crippen molar-refractivity contribution >= 4 is 5.78 Å². The molecule has 0 fully saturated rings. The molecule has 0 unspecified atom stereocenters. The third-order valence-electron chi connectivity index (χ3n) is 2.34. The molecule has 0 rings (SSSR count). The van der Waals surface area contributed by atoms with Crippen LogP contribution in [0, 0.1) is 0 Å². The van der Waals surface area contributed by atoms with Gasteiger partial charge in [-0.3, -0.25) is 4.79 Å². The lowest BCUT2D eigenvalue weighted by Gasteiger charge is -2.08. The van der Waals surface area contributed by atoms with Crippen molar-refractivity contribution in [1.29, 1.82) is 0 Å². The Kier molecular flexibility index (Phi) is 8.95. The standard InChI is InChI=1S/C12H25NO/c1-4-9-12(14)10-7-5-6-8-11-13(2)3/h4-11H2,1-3H3. The van der Waals surface area contributed by atoms with Crippen molar-refractivity contribution < 1.29 is 4.79 Å². The second kappa shape index (κ2) is 9.20. The van der Waals surface area contributed by atoms with Crippen molar-refractivity contribution in [3.05, 3.63) is 0 Å². The number of hydrogen-bond acceptors (Lipinski definition) is 2. The van der Waals surface area contributed by atoms with Gasteiger partial charge in [0.2, 0.25) is 0 Å². The summed E-state index contributed by atoms with van der Waals surface area (Å²) < 4.78 is 0. The number of ketones is 1. The number of unbranched alkanes of at least 4 members (excludes halogenated alkanes) is 3. The largest absolute Gasteiger partial charge is 0.309 e. The SMILES string of the molecule is CCCC(=O)CCCCCCN(C)C. The molecule has 2 heteroatoms. The molecule has 0 amide bonds. The summed E-state index contributed by atoms with van der Waals surface area (Å²) in [4.78, 5) is 13.4. The minimum absolute atomic E-state index is 0.445. The maximum atomic E-state index is 11.2. The van der Waals surface area contributed by atoms with E-state index in [2.05, 4.69) is 25.9 Å². The quantitative estimate of drug-likeness (QED) is 0.532. The third kappa shape index (κ3) is 9.72. The molecule has 0 saturated carbocycles. The van der Waals surface area contributed by atoms with Gasteiger partial charge in [0.1, 0.15) is 5.78 Å². The van der Waals surface area contributed by atoms with E-state index < -0.39 is 0 Å². The maximum Gasteiger partial charge on any atom is 0.132 e. The Morgan fingerprint density at radius 1 is 1.00 bits per heavy atom. The molecule has 0 N–H and O–H groups in total. The van der Waals surface area contributed by atoms with E-state index in [-0.39, 0.29) is 0 Å². The highest BCUT2D eigenvalue weighted by atomic mass is 16.1. The first kappa shape index (κ1) is 13.6. The van der Waals surface area contributed by atoms with Crippen LogP contribution in [-0.4, -0.2) is 31.3 Å².